The number of nitriles is 1. The Morgan fingerprint density at radius 2 is 1.61 bits per heavy atom. The summed E-state index contributed by atoms with van der Waals surface area (Å²) in [5, 5.41) is 11.5. The molecular formula is C24H22N2O4S. The highest BCUT2D eigenvalue weighted by molar-refractivity contribution is 7.91. The maximum Gasteiger partial charge on any atom is 0.235 e. The Hall–Kier alpha value is -3.63. The topological polar surface area (TPSA) is 96.3 Å². The predicted octanol–water partition coefficient (Wildman–Crippen LogP) is 3.89. The van der Waals surface area contributed by atoms with Crippen LogP contribution in [0.5, 0.6) is 11.5 Å². The molecule has 0 aliphatic heterocycles. The zero-order valence-electron chi connectivity index (χ0n) is 17.0. The number of rotatable bonds is 8. The first-order valence-electron chi connectivity index (χ1n) is 9.64. The Bertz CT molecular complexity index is 1210. The van der Waals surface area contributed by atoms with Crippen molar-refractivity contribution in [2.45, 2.75) is 19.2 Å². The fourth-order valence-corrected chi connectivity index (χ4v) is 4.27. The molecule has 1 N–H and O–H groups in total. The average molecular weight is 435 g/mol. The zero-order chi connectivity index (χ0) is 22.3. The van der Waals surface area contributed by atoms with E-state index in [4.69, 9.17) is 10.00 Å². The van der Waals surface area contributed by atoms with Gasteiger partial charge in [-0.25, -0.2) is 8.42 Å². The van der Waals surface area contributed by atoms with Gasteiger partial charge in [0.25, 0.3) is 0 Å². The summed E-state index contributed by atoms with van der Waals surface area (Å²) in [6.07, 6.45) is 0. The summed E-state index contributed by atoms with van der Waals surface area (Å²) in [5.41, 5.74) is 2.70. The molecule has 0 heterocycles. The number of carbonyl (C=O) groups excluding carboxylic acids is 1. The molecule has 6 nitrogen and oxygen atoms in total. The number of amides is 1. The van der Waals surface area contributed by atoms with Crippen LogP contribution >= 0.6 is 0 Å². The van der Waals surface area contributed by atoms with Crippen molar-refractivity contribution in [2.24, 2.45) is 0 Å². The largest absolute Gasteiger partial charge is 0.457 e. The number of sulfone groups is 1. The molecule has 3 aromatic carbocycles. The van der Waals surface area contributed by atoms with Crippen molar-refractivity contribution < 1.29 is 17.9 Å². The van der Waals surface area contributed by atoms with Gasteiger partial charge in [0, 0.05) is 12.1 Å². The molecule has 0 saturated heterocycles. The van der Waals surface area contributed by atoms with E-state index in [1.807, 2.05) is 55.5 Å². The number of benzene rings is 3. The maximum absolute atomic E-state index is 12.4. The number of aryl methyl sites for hydroxylation is 1. The number of carbonyl (C=O) groups is 1. The molecule has 31 heavy (non-hydrogen) atoms. The van der Waals surface area contributed by atoms with E-state index >= 15 is 0 Å². The molecule has 7 heteroatoms. The van der Waals surface area contributed by atoms with Crippen LogP contribution in [0.15, 0.2) is 72.8 Å². The monoisotopic (exact) mass is 434 g/mol. The second-order valence-electron chi connectivity index (χ2n) is 7.09. The minimum Gasteiger partial charge on any atom is -0.457 e. The van der Waals surface area contributed by atoms with Gasteiger partial charge in [-0.15, -0.1) is 0 Å². The molecule has 0 spiro atoms. The first-order valence-corrected chi connectivity index (χ1v) is 11.5. The highest BCUT2D eigenvalue weighted by atomic mass is 32.2. The smallest absolute Gasteiger partial charge is 0.235 e. The molecule has 1 amide bonds. The summed E-state index contributed by atoms with van der Waals surface area (Å²) < 4.78 is 30.7. The van der Waals surface area contributed by atoms with Gasteiger partial charge in [0.2, 0.25) is 5.91 Å². The Kier molecular flexibility index (Phi) is 7.06. The molecule has 0 unspecified atom stereocenters. The van der Waals surface area contributed by atoms with Crippen LogP contribution in [-0.4, -0.2) is 20.1 Å². The molecule has 0 aliphatic carbocycles. The Morgan fingerprint density at radius 3 is 2.29 bits per heavy atom. The summed E-state index contributed by atoms with van der Waals surface area (Å²) in [4.78, 5) is 12.3. The molecule has 0 radical (unpaired) electrons. The highest BCUT2D eigenvalue weighted by Gasteiger charge is 2.18. The van der Waals surface area contributed by atoms with E-state index in [1.165, 1.54) is 0 Å². The fourth-order valence-electron chi connectivity index (χ4n) is 2.96. The van der Waals surface area contributed by atoms with Gasteiger partial charge in [0.1, 0.15) is 17.3 Å². The van der Waals surface area contributed by atoms with Crippen molar-refractivity contribution in [3.8, 4) is 17.6 Å². The van der Waals surface area contributed by atoms with Gasteiger partial charge >= 0.3 is 0 Å². The Labute approximate surface area is 182 Å². The molecule has 0 atom stereocenters. The van der Waals surface area contributed by atoms with Crippen LogP contribution in [0.1, 0.15) is 22.3 Å². The van der Waals surface area contributed by atoms with Gasteiger partial charge in [-0.1, -0.05) is 48.5 Å². The third-order valence-corrected chi connectivity index (χ3v) is 6.06. The lowest BCUT2D eigenvalue weighted by Gasteiger charge is -2.13. The van der Waals surface area contributed by atoms with Gasteiger partial charge < -0.3 is 10.1 Å². The van der Waals surface area contributed by atoms with E-state index in [9.17, 15) is 13.2 Å². The number of para-hydroxylation sites is 2. The number of hydrogen-bond acceptors (Lipinski definition) is 5. The van der Waals surface area contributed by atoms with Gasteiger partial charge in [0.15, 0.2) is 9.84 Å². The van der Waals surface area contributed by atoms with E-state index in [-0.39, 0.29) is 12.3 Å². The van der Waals surface area contributed by atoms with Crippen molar-refractivity contribution in [1.82, 2.24) is 5.32 Å². The number of nitrogens with zero attached hydrogens (tertiary/aromatic N) is 1. The Morgan fingerprint density at radius 1 is 0.968 bits per heavy atom. The predicted molar refractivity (Wildman–Crippen MR) is 118 cm³/mol. The van der Waals surface area contributed by atoms with E-state index < -0.39 is 21.5 Å². The lowest BCUT2D eigenvalue weighted by atomic mass is 10.2. The van der Waals surface area contributed by atoms with Crippen LogP contribution in [0.2, 0.25) is 0 Å². The number of nitrogens with one attached hydrogen (secondary N) is 1. The third kappa shape index (κ3) is 6.43. The van der Waals surface area contributed by atoms with Crippen molar-refractivity contribution in [1.29, 1.82) is 5.26 Å². The highest BCUT2D eigenvalue weighted by Crippen LogP contribution is 2.27. The second kappa shape index (κ2) is 9.92. The SMILES string of the molecule is Cc1ccccc1Oc1ccccc1CNC(=O)CS(=O)(=O)Cc1ccc(C#N)cc1. The van der Waals surface area contributed by atoms with Gasteiger partial charge in [-0.3, -0.25) is 4.79 Å². The van der Waals surface area contributed by atoms with Gasteiger partial charge in [-0.2, -0.15) is 5.26 Å². The van der Waals surface area contributed by atoms with Crippen LogP contribution in [-0.2, 0) is 26.9 Å². The molecule has 0 bridgehead atoms. The molecule has 3 aromatic rings. The van der Waals surface area contributed by atoms with Crippen LogP contribution in [0.25, 0.3) is 0 Å². The average Bonchev–Trinajstić information content (AvgIpc) is 2.74. The Balaban J connectivity index is 1.60. The van der Waals surface area contributed by atoms with Crippen molar-refractivity contribution >= 4 is 15.7 Å². The zero-order valence-corrected chi connectivity index (χ0v) is 17.9. The summed E-state index contributed by atoms with van der Waals surface area (Å²) >= 11 is 0. The van der Waals surface area contributed by atoms with Crippen molar-refractivity contribution in [3.05, 3.63) is 95.1 Å². The first kappa shape index (κ1) is 22.1. The molecule has 3 rings (SSSR count). The van der Waals surface area contributed by atoms with E-state index in [2.05, 4.69) is 5.32 Å². The molecule has 0 aliphatic rings. The third-order valence-electron chi connectivity index (χ3n) is 4.58. The van der Waals surface area contributed by atoms with Crippen LogP contribution in [0.4, 0.5) is 0 Å². The number of ether oxygens (including phenoxy) is 1. The standard InChI is InChI=1S/C24H22N2O4S/c1-18-6-2-4-8-22(18)30-23-9-5-3-7-21(23)15-26-24(27)17-31(28,29)16-20-12-10-19(14-25)11-13-20/h2-13H,15-17H2,1H3,(H,26,27). The van der Waals surface area contributed by atoms with E-state index in [0.29, 0.717) is 22.6 Å². The molecule has 0 saturated carbocycles. The lowest BCUT2D eigenvalue weighted by molar-refractivity contribution is -0.118. The summed E-state index contributed by atoms with van der Waals surface area (Å²) in [7, 11) is -3.65. The molecule has 158 valence electrons. The fraction of sp³-hybridized carbons (Fsp3) is 0.167. The molecule has 0 aromatic heterocycles. The van der Waals surface area contributed by atoms with E-state index in [1.54, 1.807) is 30.3 Å². The first-order chi connectivity index (χ1) is 14.9. The van der Waals surface area contributed by atoms with Gasteiger partial charge in [-0.05, 0) is 42.3 Å². The second-order valence-corrected chi connectivity index (χ2v) is 9.16. The van der Waals surface area contributed by atoms with Crippen LogP contribution in [0.3, 0.4) is 0 Å². The van der Waals surface area contributed by atoms with Gasteiger partial charge in [0.05, 0.1) is 17.4 Å². The van der Waals surface area contributed by atoms with Crippen LogP contribution < -0.4 is 10.1 Å². The summed E-state index contributed by atoms with van der Waals surface area (Å²) in [6.45, 7) is 2.09. The molecular weight excluding hydrogens is 412 g/mol. The summed E-state index contributed by atoms with van der Waals surface area (Å²) in [6, 6.07) is 23.1. The number of hydrogen-bond donors (Lipinski definition) is 1. The van der Waals surface area contributed by atoms with E-state index in [0.717, 1.165) is 11.1 Å². The van der Waals surface area contributed by atoms with Crippen molar-refractivity contribution in [3.63, 3.8) is 0 Å². The quantitative estimate of drug-likeness (QED) is 0.580. The normalized spacial score (nSPS) is 10.8. The minimum atomic E-state index is -3.65. The molecule has 0 fully saturated rings. The van der Waals surface area contributed by atoms with Crippen molar-refractivity contribution in [2.75, 3.05) is 5.75 Å². The maximum atomic E-state index is 12.4. The van der Waals surface area contributed by atoms with Crippen LogP contribution in [0, 0.1) is 18.3 Å². The summed E-state index contributed by atoms with van der Waals surface area (Å²) in [5.74, 6) is -0.157. The minimum absolute atomic E-state index is 0.146. The lowest BCUT2D eigenvalue weighted by Crippen LogP contribution is -2.30.